The summed E-state index contributed by atoms with van der Waals surface area (Å²) < 4.78 is 0. The summed E-state index contributed by atoms with van der Waals surface area (Å²) in [5.41, 5.74) is 1.52. The Bertz CT molecular complexity index is 483. The highest BCUT2D eigenvalue weighted by atomic mass is 35.5. The third-order valence-electron chi connectivity index (χ3n) is 2.26. The molecule has 1 aromatic carbocycles. The molecule has 1 heterocycles. The smallest absolute Gasteiger partial charge is 0.198 e. The molecule has 0 aromatic heterocycles. The van der Waals surface area contributed by atoms with Crippen LogP contribution in [0.2, 0.25) is 10.0 Å². The Morgan fingerprint density at radius 3 is 2.62 bits per heavy atom. The first kappa shape index (κ1) is 11.6. The van der Waals surface area contributed by atoms with Gasteiger partial charge in [-0.2, -0.15) is 0 Å². The van der Waals surface area contributed by atoms with Crippen molar-refractivity contribution in [2.75, 3.05) is 22.6 Å². The quantitative estimate of drug-likeness (QED) is 0.666. The highest BCUT2D eigenvalue weighted by Gasteiger charge is 2.25. The zero-order valence-electron chi connectivity index (χ0n) is 8.06. The Kier molecular flexibility index (Phi) is 3.31. The standard InChI is InChI=1S/C10H7Cl3N2O/c11-1-2-15-9-4-7(13)6(12)3-8(9)14-10(15)5-16/h3-4,14H,1-2H2. The molecule has 2 rings (SSSR count). The maximum Gasteiger partial charge on any atom is 0.198 e. The molecule has 1 aliphatic heterocycles. The third kappa shape index (κ3) is 1.87. The van der Waals surface area contributed by atoms with Crippen LogP contribution < -0.4 is 10.2 Å². The molecule has 1 aromatic rings. The van der Waals surface area contributed by atoms with Crippen molar-refractivity contribution >= 4 is 52.1 Å². The normalized spacial score (nSPS) is 13.4. The molecule has 84 valence electrons. The van der Waals surface area contributed by atoms with Crippen LogP contribution in [0, 0.1) is 0 Å². The molecule has 0 saturated heterocycles. The van der Waals surface area contributed by atoms with Gasteiger partial charge < -0.3 is 10.2 Å². The van der Waals surface area contributed by atoms with Crippen molar-refractivity contribution < 1.29 is 4.79 Å². The van der Waals surface area contributed by atoms with Crippen LogP contribution in [0.25, 0.3) is 0 Å². The maximum absolute atomic E-state index is 10.8. The van der Waals surface area contributed by atoms with Gasteiger partial charge in [0.15, 0.2) is 11.8 Å². The summed E-state index contributed by atoms with van der Waals surface area (Å²) in [6, 6.07) is 3.37. The largest absolute Gasteiger partial charge is 0.330 e. The molecule has 0 bridgehead atoms. The summed E-state index contributed by atoms with van der Waals surface area (Å²) in [5.74, 6) is 2.54. The molecule has 0 unspecified atom stereocenters. The van der Waals surface area contributed by atoms with Gasteiger partial charge in [0.05, 0.1) is 21.4 Å². The van der Waals surface area contributed by atoms with Gasteiger partial charge in [0.25, 0.3) is 0 Å². The van der Waals surface area contributed by atoms with Crippen LogP contribution in [0.15, 0.2) is 18.0 Å². The monoisotopic (exact) mass is 276 g/mol. The topological polar surface area (TPSA) is 32.3 Å². The summed E-state index contributed by atoms with van der Waals surface area (Å²) in [6.45, 7) is 0.504. The van der Waals surface area contributed by atoms with Gasteiger partial charge in [0.2, 0.25) is 0 Å². The number of fused-ring (bicyclic) bond motifs is 1. The van der Waals surface area contributed by atoms with Gasteiger partial charge in [0.1, 0.15) is 0 Å². The van der Waals surface area contributed by atoms with E-state index in [0.29, 0.717) is 28.3 Å². The molecular weight excluding hydrogens is 270 g/mol. The van der Waals surface area contributed by atoms with Crippen molar-refractivity contribution in [3.8, 4) is 0 Å². The fourth-order valence-electron chi connectivity index (χ4n) is 1.57. The number of nitrogens with zero attached hydrogens (tertiary/aromatic N) is 1. The molecule has 0 aliphatic carbocycles. The predicted molar refractivity (Wildman–Crippen MR) is 67.4 cm³/mol. The van der Waals surface area contributed by atoms with Crippen LogP contribution >= 0.6 is 34.8 Å². The molecule has 0 fully saturated rings. The van der Waals surface area contributed by atoms with E-state index in [9.17, 15) is 4.79 Å². The first-order chi connectivity index (χ1) is 7.67. The molecule has 16 heavy (non-hydrogen) atoms. The van der Waals surface area contributed by atoms with E-state index in [4.69, 9.17) is 34.8 Å². The second-order valence-corrected chi connectivity index (χ2v) is 4.39. The lowest BCUT2D eigenvalue weighted by molar-refractivity contribution is 0.566. The number of rotatable bonds is 2. The van der Waals surface area contributed by atoms with Crippen LogP contribution in [0.5, 0.6) is 0 Å². The van der Waals surface area contributed by atoms with Crippen molar-refractivity contribution in [1.82, 2.24) is 0 Å². The average Bonchev–Trinajstić information content (AvgIpc) is 2.58. The fourth-order valence-corrected chi connectivity index (χ4v) is 2.06. The molecule has 0 saturated carbocycles. The molecule has 6 heteroatoms. The fraction of sp³-hybridized carbons (Fsp3) is 0.200. The number of nitrogens with one attached hydrogen (secondary N) is 1. The predicted octanol–water partition coefficient (Wildman–Crippen LogP) is 3.14. The molecule has 0 radical (unpaired) electrons. The van der Waals surface area contributed by atoms with E-state index in [1.165, 1.54) is 0 Å². The Morgan fingerprint density at radius 2 is 2.00 bits per heavy atom. The molecule has 0 amide bonds. The molecule has 1 N–H and O–H groups in total. The Hall–Kier alpha value is -0.860. The Balaban J connectivity index is 2.50. The van der Waals surface area contributed by atoms with Crippen LogP contribution in [0.1, 0.15) is 0 Å². The summed E-state index contributed by atoms with van der Waals surface area (Å²) in [5, 5.41) is 3.78. The zero-order valence-corrected chi connectivity index (χ0v) is 10.3. The second-order valence-electron chi connectivity index (χ2n) is 3.20. The first-order valence-corrected chi connectivity index (χ1v) is 5.81. The van der Waals surface area contributed by atoms with Crippen molar-refractivity contribution in [3.05, 3.63) is 28.0 Å². The van der Waals surface area contributed by atoms with Gasteiger partial charge in [-0.25, -0.2) is 4.79 Å². The number of alkyl halides is 1. The van der Waals surface area contributed by atoms with Crippen molar-refractivity contribution in [1.29, 1.82) is 0 Å². The van der Waals surface area contributed by atoms with Crippen LogP contribution in [0.3, 0.4) is 0 Å². The SMILES string of the molecule is O=C=C1Nc2cc(Cl)c(Cl)cc2N1CCCl. The third-order valence-corrected chi connectivity index (χ3v) is 3.15. The summed E-state index contributed by atoms with van der Waals surface area (Å²) in [4.78, 5) is 12.5. The van der Waals surface area contributed by atoms with Gasteiger partial charge in [-0.1, -0.05) is 23.2 Å². The van der Waals surface area contributed by atoms with Crippen LogP contribution in [0.4, 0.5) is 11.4 Å². The number of hydrogen-bond donors (Lipinski definition) is 1. The van der Waals surface area contributed by atoms with E-state index in [1.807, 2.05) is 5.94 Å². The van der Waals surface area contributed by atoms with Gasteiger partial charge in [0, 0.05) is 12.4 Å². The van der Waals surface area contributed by atoms with E-state index in [0.717, 1.165) is 11.4 Å². The van der Waals surface area contributed by atoms with Crippen molar-refractivity contribution in [2.24, 2.45) is 0 Å². The summed E-state index contributed by atoms with van der Waals surface area (Å²) in [7, 11) is 0. The van der Waals surface area contributed by atoms with E-state index in [1.54, 1.807) is 17.0 Å². The molecule has 0 spiro atoms. The molecular formula is C10H7Cl3N2O. The van der Waals surface area contributed by atoms with Crippen molar-refractivity contribution in [2.45, 2.75) is 0 Å². The lowest BCUT2D eigenvalue weighted by Gasteiger charge is -2.15. The number of anilines is 2. The second kappa shape index (κ2) is 4.56. The Morgan fingerprint density at radius 1 is 1.31 bits per heavy atom. The highest BCUT2D eigenvalue weighted by Crippen LogP contribution is 2.40. The highest BCUT2D eigenvalue weighted by molar-refractivity contribution is 6.42. The number of benzene rings is 1. The van der Waals surface area contributed by atoms with Gasteiger partial charge in [-0.05, 0) is 12.1 Å². The van der Waals surface area contributed by atoms with E-state index >= 15 is 0 Å². The van der Waals surface area contributed by atoms with Crippen LogP contribution in [-0.2, 0) is 4.79 Å². The van der Waals surface area contributed by atoms with E-state index in [2.05, 4.69) is 5.32 Å². The lowest BCUT2D eigenvalue weighted by Crippen LogP contribution is -2.23. The molecule has 1 aliphatic rings. The lowest BCUT2D eigenvalue weighted by atomic mass is 10.2. The minimum Gasteiger partial charge on any atom is -0.330 e. The van der Waals surface area contributed by atoms with Crippen LogP contribution in [-0.4, -0.2) is 18.4 Å². The van der Waals surface area contributed by atoms with Gasteiger partial charge in [-0.15, -0.1) is 11.6 Å². The first-order valence-electron chi connectivity index (χ1n) is 4.52. The molecule has 0 atom stereocenters. The minimum absolute atomic E-state index is 0.328. The van der Waals surface area contributed by atoms with Gasteiger partial charge >= 0.3 is 0 Å². The summed E-state index contributed by atoms with van der Waals surface area (Å²) in [6.07, 6.45) is 0. The Labute approximate surface area is 108 Å². The number of carbonyl (C=O) groups excluding carboxylic acids is 1. The van der Waals surface area contributed by atoms with E-state index < -0.39 is 0 Å². The zero-order chi connectivity index (χ0) is 11.7. The summed E-state index contributed by atoms with van der Waals surface area (Å²) >= 11 is 17.5. The van der Waals surface area contributed by atoms with E-state index in [-0.39, 0.29) is 0 Å². The molecule has 3 nitrogen and oxygen atoms in total. The average molecular weight is 278 g/mol. The minimum atomic E-state index is 0.328. The number of hydrogen-bond acceptors (Lipinski definition) is 3. The number of halogens is 3. The maximum atomic E-state index is 10.8. The van der Waals surface area contributed by atoms with Gasteiger partial charge in [-0.3, -0.25) is 0 Å². The van der Waals surface area contributed by atoms with Crippen molar-refractivity contribution in [3.63, 3.8) is 0 Å².